The molecule has 108 valence electrons. The maximum atomic E-state index is 11.4. The van der Waals surface area contributed by atoms with Gasteiger partial charge >= 0.3 is 6.09 Å². The molecule has 1 aromatic heterocycles. The molecule has 21 heavy (non-hydrogen) atoms. The minimum atomic E-state index is -0.541. The highest BCUT2D eigenvalue weighted by molar-refractivity contribution is 5.85. The smallest absolute Gasteiger partial charge is 0.411 e. The van der Waals surface area contributed by atoms with Gasteiger partial charge in [-0.15, -0.1) is 0 Å². The van der Waals surface area contributed by atoms with E-state index in [9.17, 15) is 9.59 Å². The molecule has 0 spiro atoms. The molecule has 1 heterocycles. The van der Waals surface area contributed by atoms with Gasteiger partial charge in [-0.05, 0) is 24.6 Å². The van der Waals surface area contributed by atoms with Crippen molar-refractivity contribution in [2.45, 2.75) is 6.92 Å². The van der Waals surface area contributed by atoms with E-state index in [2.05, 4.69) is 22.1 Å². The first kappa shape index (κ1) is 14.5. The molecule has 0 unspecified atom stereocenters. The summed E-state index contributed by atoms with van der Waals surface area (Å²) in [5, 5.41) is 9.02. The minimum Gasteiger partial charge on any atom is -0.445 e. The quantitative estimate of drug-likeness (QED) is 0.845. The summed E-state index contributed by atoms with van der Waals surface area (Å²) in [6, 6.07) is 8.56. The Balaban J connectivity index is 2.13. The fourth-order valence-electron chi connectivity index (χ4n) is 1.79. The molecule has 0 bridgehead atoms. The number of hydrogen-bond acceptors (Lipinski definition) is 4. The topological polar surface area (TPSA) is 84.1 Å². The first-order valence-corrected chi connectivity index (χ1v) is 6.31. The van der Waals surface area contributed by atoms with Crippen LogP contribution in [-0.2, 0) is 4.74 Å². The summed E-state index contributed by atoms with van der Waals surface area (Å²) in [5.74, 6) is 0. The Morgan fingerprint density at radius 1 is 1.43 bits per heavy atom. The molecule has 6 nitrogen and oxygen atoms in total. The number of carbonyl (C=O) groups is 1. The van der Waals surface area contributed by atoms with Crippen LogP contribution >= 0.6 is 0 Å². The van der Waals surface area contributed by atoms with Gasteiger partial charge in [0.05, 0.1) is 5.69 Å². The van der Waals surface area contributed by atoms with E-state index < -0.39 is 6.09 Å². The van der Waals surface area contributed by atoms with Crippen LogP contribution < -0.4 is 10.9 Å². The maximum Gasteiger partial charge on any atom is 0.411 e. The standard InChI is InChI=1S/C15H15N3O3/c1-3-8-21-15(20)16-12-6-4-11(5-7-12)14-10(2)9-13(19)17-18-14/h3-7,9H,1,8H2,2H3,(H,16,20)(H,17,19). The van der Waals surface area contributed by atoms with Crippen LogP contribution in [0.3, 0.4) is 0 Å². The molecule has 0 atom stereocenters. The van der Waals surface area contributed by atoms with Gasteiger partial charge in [-0.2, -0.15) is 5.10 Å². The van der Waals surface area contributed by atoms with Crippen LogP contribution in [0, 0.1) is 6.92 Å². The van der Waals surface area contributed by atoms with Crippen LogP contribution in [0.15, 0.2) is 47.8 Å². The van der Waals surface area contributed by atoms with Crippen LogP contribution in [0.5, 0.6) is 0 Å². The summed E-state index contributed by atoms with van der Waals surface area (Å²) in [7, 11) is 0. The van der Waals surface area contributed by atoms with Crippen molar-refractivity contribution in [2.75, 3.05) is 11.9 Å². The zero-order valence-corrected chi connectivity index (χ0v) is 11.6. The molecule has 0 saturated heterocycles. The fraction of sp³-hybridized carbons (Fsp3) is 0.133. The second-order valence-electron chi connectivity index (χ2n) is 4.35. The average molecular weight is 285 g/mol. The summed E-state index contributed by atoms with van der Waals surface area (Å²) < 4.78 is 4.82. The predicted octanol–water partition coefficient (Wildman–Crippen LogP) is 2.48. The molecule has 0 fully saturated rings. The summed E-state index contributed by atoms with van der Waals surface area (Å²) in [4.78, 5) is 22.5. The molecule has 2 rings (SSSR count). The number of aromatic nitrogens is 2. The molecular formula is C15H15N3O3. The van der Waals surface area contributed by atoms with Crippen molar-refractivity contribution in [3.63, 3.8) is 0 Å². The van der Waals surface area contributed by atoms with Crippen molar-refractivity contribution in [3.8, 4) is 11.3 Å². The van der Waals surface area contributed by atoms with Gasteiger partial charge < -0.3 is 4.74 Å². The number of rotatable bonds is 4. The van der Waals surface area contributed by atoms with Gasteiger partial charge in [-0.25, -0.2) is 9.89 Å². The van der Waals surface area contributed by atoms with E-state index in [-0.39, 0.29) is 12.2 Å². The number of amides is 1. The van der Waals surface area contributed by atoms with Gasteiger partial charge in [-0.3, -0.25) is 10.1 Å². The van der Waals surface area contributed by atoms with Gasteiger partial charge in [0.15, 0.2) is 0 Å². The number of benzene rings is 1. The SMILES string of the molecule is C=CCOC(=O)Nc1ccc(-c2n[nH]c(=O)cc2C)cc1. The van der Waals surface area contributed by atoms with Crippen molar-refractivity contribution in [1.29, 1.82) is 0 Å². The number of hydrogen-bond donors (Lipinski definition) is 2. The number of nitrogens with one attached hydrogen (secondary N) is 2. The predicted molar refractivity (Wildman–Crippen MR) is 80.2 cm³/mol. The highest BCUT2D eigenvalue weighted by Gasteiger charge is 2.06. The monoisotopic (exact) mass is 285 g/mol. The molecule has 6 heteroatoms. The molecular weight excluding hydrogens is 270 g/mol. The van der Waals surface area contributed by atoms with Gasteiger partial charge in [0, 0.05) is 17.3 Å². The van der Waals surface area contributed by atoms with Crippen LogP contribution in [0.4, 0.5) is 10.5 Å². The zero-order valence-electron chi connectivity index (χ0n) is 11.6. The van der Waals surface area contributed by atoms with E-state index in [1.54, 1.807) is 24.3 Å². The Labute approximate surface area is 121 Å². The molecule has 0 saturated carbocycles. The molecule has 0 aliphatic heterocycles. The Morgan fingerprint density at radius 3 is 2.76 bits per heavy atom. The first-order chi connectivity index (χ1) is 10.1. The Morgan fingerprint density at radius 2 is 2.14 bits per heavy atom. The number of aromatic amines is 1. The molecule has 0 aliphatic carbocycles. The van der Waals surface area contributed by atoms with Crippen molar-refractivity contribution in [3.05, 3.63) is 58.9 Å². The first-order valence-electron chi connectivity index (χ1n) is 6.31. The van der Waals surface area contributed by atoms with E-state index in [0.29, 0.717) is 11.4 Å². The number of carbonyl (C=O) groups excluding carboxylic acids is 1. The molecule has 2 N–H and O–H groups in total. The summed E-state index contributed by atoms with van der Waals surface area (Å²) in [6.07, 6.45) is 0.953. The lowest BCUT2D eigenvalue weighted by Gasteiger charge is -2.07. The number of aryl methyl sites for hydroxylation is 1. The van der Waals surface area contributed by atoms with E-state index >= 15 is 0 Å². The Hall–Kier alpha value is -2.89. The van der Waals surface area contributed by atoms with Crippen LogP contribution in [0.2, 0.25) is 0 Å². The fourth-order valence-corrected chi connectivity index (χ4v) is 1.79. The Bertz CT molecular complexity index is 705. The van der Waals surface area contributed by atoms with Gasteiger partial charge in [0.1, 0.15) is 6.61 Å². The largest absolute Gasteiger partial charge is 0.445 e. The van der Waals surface area contributed by atoms with Crippen molar-refractivity contribution < 1.29 is 9.53 Å². The van der Waals surface area contributed by atoms with Crippen LogP contribution in [0.1, 0.15) is 5.56 Å². The summed E-state index contributed by atoms with van der Waals surface area (Å²) >= 11 is 0. The average Bonchev–Trinajstić information content (AvgIpc) is 2.46. The highest BCUT2D eigenvalue weighted by atomic mass is 16.5. The van der Waals surface area contributed by atoms with Gasteiger partial charge in [0.25, 0.3) is 5.56 Å². The zero-order chi connectivity index (χ0) is 15.2. The van der Waals surface area contributed by atoms with Crippen LogP contribution in [-0.4, -0.2) is 22.9 Å². The molecule has 1 aromatic carbocycles. The number of H-pyrrole nitrogens is 1. The highest BCUT2D eigenvalue weighted by Crippen LogP contribution is 2.21. The lowest BCUT2D eigenvalue weighted by molar-refractivity contribution is 0.174. The third kappa shape index (κ3) is 3.79. The third-order valence-electron chi connectivity index (χ3n) is 2.74. The normalized spacial score (nSPS) is 9.95. The molecule has 0 radical (unpaired) electrons. The summed E-state index contributed by atoms with van der Waals surface area (Å²) in [6.45, 7) is 5.44. The van der Waals surface area contributed by atoms with Crippen molar-refractivity contribution >= 4 is 11.8 Å². The molecule has 2 aromatic rings. The van der Waals surface area contributed by atoms with E-state index in [1.165, 1.54) is 12.1 Å². The van der Waals surface area contributed by atoms with Crippen molar-refractivity contribution in [1.82, 2.24) is 10.2 Å². The van der Waals surface area contributed by atoms with E-state index in [0.717, 1.165) is 11.1 Å². The van der Waals surface area contributed by atoms with Gasteiger partial charge in [-0.1, -0.05) is 24.8 Å². The van der Waals surface area contributed by atoms with E-state index in [1.807, 2.05) is 6.92 Å². The number of anilines is 1. The maximum absolute atomic E-state index is 11.4. The molecule has 0 aliphatic rings. The van der Waals surface area contributed by atoms with Crippen LogP contribution in [0.25, 0.3) is 11.3 Å². The second kappa shape index (κ2) is 6.51. The number of nitrogens with zero attached hydrogens (tertiary/aromatic N) is 1. The third-order valence-corrected chi connectivity index (χ3v) is 2.74. The summed E-state index contributed by atoms with van der Waals surface area (Å²) in [5.41, 5.74) is 2.68. The molecule has 1 amide bonds. The Kier molecular flexibility index (Phi) is 4.50. The minimum absolute atomic E-state index is 0.157. The second-order valence-corrected chi connectivity index (χ2v) is 4.35. The number of ether oxygens (including phenoxy) is 1. The van der Waals surface area contributed by atoms with Gasteiger partial charge in [0.2, 0.25) is 0 Å². The lowest BCUT2D eigenvalue weighted by atomic mass is 10.1. The van der Waals surface area contributed by atoms with Crippen molar-refractivity contribution in [2.24, 2.45) is 0 Å². The lowest BCUT2D eigenvalue weighted by Crippen LogP contribution is -2.13. The van der Waals surface area contributed by atoms with E-state index in [4.69, 9.17) is 4.74 Å².